The van der Waals surface area contributed by atoms with Crippen LogP contribution in [0.4, 0.5) is 5.82 Å². The molecule has 2 atom stereocenters. The molecule has 5 heteroatoms. The second-order valence-electron chi connectivity index (χ2n) is 4.74. The summed E-state index contributed by atoms with van der Waals surface area (Å²) in [5.74, 6) is 0.818. The molecule has 0 spiro atoms. The fourth-order valence-electron chi connectivity index (χ4n) is 2.28. The van der Waals surface area contributed by atoms with E-state index in [9.17, 15) is 0 Å². The molecule has 1 aromatic rings. The molecule has 1 aliphatic rings. The third-order valence-corrected chi connectivity index (χ3v) is 3.29. The molecule has 2 rings (SSSR count). The summed E-state index contributed by atoms with van der Waals surface area (Å²) in [6.07, 6.45) is 0.343. The van der Waals surface area contributed by atoms with Crippen LogP contribution >= 0.6 is 11.6 Å². The molecule has 2 heterocycles. The highest BCUT2D eigenvalue weighted by Gasteiger charge is 2.24. The molecule has 0 aromatic carbocycles. The number of rotatable bonds is 1. The van der Waals surface area contributed by atoms with Crippen molar-refractivity contribution in [3.63, 3.8) is 0 Å². The predicted molar refractivity (Wildman–Crippen MR) is 70.9 cm³/mol. The Hall–Kier alpha value is -1.31. The van der Waals surface area contributed by atoms with E-state index in [0.29, 0.717) is 5.56 Å². The molecule has 0 bridgehead atoms. The van der Waals surface area contributed by atoms with Crippen LogP contribution in [0.1, 0.15) is 25.0 Å². The minimum absolute atomic E-state index is 0.172. The first-order valence-corrected chi connectivity index (χ1v) is 6.36. The van der Waals surface area contributed by atoms with E-state index < -0.39 is 0 Å². The third-order valence-electron chi connectivity index (χ3n) is 3.01. The first kappa shape index (κ1) is 13.1. The minimum atomic E-state index is 0.172. The van der Waals surface area contributed by atoms with E-state index in [1.54, 1.807) is 0 Å². The van der Waals surface area contributed by atoms with Gasteiger partial charge >= 0.3 is 0 Å². The van der Waals surface area contributed by atoms with Gasteiger partial charge in [0.2, 0.25) is 0 Å². The van der Waals surface area contributed by atoms with Crippen LogP contribution in [0.5, 0.6) is 0 Å². The van der Waals surface area contributed by atoms with Gasteiger partial charge in [-0.05, 0) is 32.4 Å². The molecule has 0 unspecified atom stereocenters. The fourth-order valence-corrected chi connectivity index (χ4v) is 2.56. The third kappa shape index (κ3) is 2.58. The maximum atomic E-state index is 8.98. The number of hydrogen-bond donors (Lipinski definition) is 0. The molecule has 1 saturated heterocycles. The normalized spacial score (nSPS) is 23.8. The second kappa shape index (κ2) is 5.13. The zero-order valence-electron chi connectivity index (χ0n) is 10.8. The van der Waals surface area contributed by atoms with Gasteiger partial charge < -0.3 is 9.64 Å². The minimum Gasteiger partial charge on any atom is -0.372 e. The van der Waals surface area contributed by atoms with Crippen molar-refractivity contribution in [3.05, 3.63) is 22.3 Å². The molecule has 4 nitrogen and oxygen atoms in total. The molecule has 0 amide bonds. The van der Waals surface area contributed by atoms with Gasteiger partial charge in [0.1, 0.15) is 17.0 Å². The number of aromatic nitrogens is 1. The summed E-state index contributed by atoms with van der Waals surface area (Å²) in [7, 11) is 0. The van der Waals surface area contributed by atoms with E-state index in [2.05, 4.69) is 16.0 Å². The van der Waals surface area contributed by atoms with Crippen molar-refractivity contribution in [2.75, 3.05) is 18.0 Å². The van der Waals surface area contributed by atoms with Crippen molar-refractivity contribution in [1.82, 2.24) is 4.98 Å². The van der Waals surface area contributed by atoms with Crippen LogP contribution in [0.3, 0.4) is 0 Å². The van der Waals surface area contributed by atoms with Crippen LogP contribution in [0.25, 0.3) is 0 Å². The second-order valence-corrected chi connectivity index (χ2v) is 5.10. The lowest BCUT2D eigenvalue weighted by atomic mass is 10.1. The molecule has 96 valence electrons. The van der Waals surface area contributed by atoms with E-state index >= 15 is 0 Å². The molecule has 0 aliphatic carbocycles. The van der Waals surface area contributed by atoms with Gasteiger partial charge in [-0.25, -0.2) is 4.98 Å². The lowest BCUT2D eigenvalue weighted by Crippen LogP contribution is -2.45. The van der Waals surface area contributed by atoms with Gasteiger partial charge in [-0.1, -0.05) is 11.6 Å². The summed E-state index contributed by atoms with van der Waals surface area (Å²) in [5.41, 5.74) is 1.31. The van der Waals surface area contributed by atoms with E-state index in [-0.39, 0.29) is 17.4 Å². The van der Waals surface area contributed by atoms with Crippen molar-refractivity contribution < 1.29 is 4.74 Å². The Morgan fingerprint density at radius 1 is 1.44 bits per heavy atom. The van der Waals surface area contributed by atoms with E-state index in [1.165, 1.54) is 0 Å². The summed E-state index contributed by atoms with van der Waals surface area (Å²) in [6.45, 7) is 7.54. The number of aryl methyl sites for hydroxylation is 1. The molecule has 0 saturated carbocycles. The van der Waals surface area contributed by atoms with Gasteiger partial charge in [0.25, 0.3) is 0 Å². The number of morpholine rings is 1. The summed E-state index contributed by atoms with van der Waals surface area (Å²) in [6, 6.07) is 3.99. The Bertz CT molecular complexity index is 464. The van der Waals surface area contributed by atoms with E-state index in [1.807, 2.05) is 26.8 Å². The van der Waals surface area contributed by atoms with Crippen LogP contribution in [0.15, 0.2) is 6.07 Å². The van der Waals surface area contributed by atoms with E-state index in [0.717, 1.165) is 24.5 Å². The van der Waals surface area contributed by atoms with Crippen molar-refractivity contribution in [1.29, 1.82) is 5.26 Å². The molecule has 1 aliphatic heterocycles. The lowest BCUT2D eigenvalue weighted by Gasteiger charge is -2.36. The SMILES string of the molecule is Cc1cc(N2C[C@@H](C)O[C@@H](C)C2)nc(Cl)c1C#N. The summed E-state index contributed by atoms with van der Waals surface area (Å²) >= 11 is 6.04. The van der Waals surface area contributed by atoms with Crippen molar-refractivity contribution in [2.24, 2.45) is 0 Å². The van der Waals surface area contributed by atoms with E-state index in [4.69, 9.17) is 21.6 Å². The molecule has 1 fully saturated rings. The highest BCUT2D eigenvalue weighted by atomic mass is 35.5. The Balaban J connectivity index is 2.32. The molecule has 0 radical (unpaired) electrons. The number of anilines is 1. The highest BCUT2D eigenvalue weighted by Crippen LogP contribution is 2.25. The zero-order valence-corrected chi connectivity index (χ0v) is 11.5. The van der Waals surface area contributed by atoms with Gasteiger partial charge in [0.15, 0.2) is 0 Å². The molecular formula is C13H16ClN3O. The van der Waals surface area contributed by atoms with Crippen molar-refractivity contribution in [2.45, 2.75) is 33.0 Å². The highest BCUT2D eigenvalue weighted by molar-refractivity contribution is 6.30. The van der Waals surface area contributed by atoms with Gasteiger partial charge in [-0.15, -0.1) is 0 Å². The Morgan fingerprint density at radius 2 is 2.06 bits per heavy atom. The summed E-state index contributed by atoms with van der Waals surface area (Å²) in [4.78, 5) is 6.46. The standard InChI is InChI=1S/C13H16ClN3O/c1-8-4-12(16-13(14)11(8)5-15)17-6-9(2)18-10(3)7-17/h4,9-10H,6-7H2,1-3H3/t9-,10+. The fraction of sp³-hybridized carbons (Fsp3) is 0.538. The maximum absolute atomic E-state index is 8.98. The molecular weight excluding hydrogens is 250 g/mol. The Kier molecular flexibility index (Phi) is 3.74. The number of nitriles is 1. The van der Waals surface area contributed by atoms with Crippen LogP contribution in [0, 0.1) is 18.3 Å². The first-order chi connectivity index (χ1) is 8.51. The molecule has 1 aromatic heterocycles. The van der Waals surface area contributed by atoms with Crippen molar-refractivity contribution in [3.8, 4) is 6.07 Å². The number of halogens is 1. The molecule has 18 heavy (non-hydrogen) atoms. The van der Waals surface area contributed by atoms with Crippen LogP contribution < -0.4 is 4.90 Å². The number of nitrogens with zero attached hydrogens (tertiary/aromatic N) is 3. The van der Waals surface area contributed by atoms with Crippen LogP contribution in [-0.4, -0.2) is 30.3 Å². The van der Waals surface area contributed by atoms with Gasteiger partial charge in [0, 0.05) is 13.1 Å². The first-order valence-electron chi connectivity index (χ1n) is 5.99. The lowest BCUT2D eigenvalue weighted by molar-refractivity contribution is -0.00546. The van der Waals surface area contributed by atoms with Crippen molar-refractivity contribution >= 4 is 17.4 Å². The smallest absolute Gasteiger partial charge is 0.149 e. The van der Waals surface area contributed by atoms with Gasteiger partial charge in [0.05, 0.1) is 17.8 Å². The quantitative estimate of drug-likeness (QED) is 0.732. The summed E-state index contributed by atoms with van der Waals surface area (Å²) in [5, 5.41) is 9.25. The molecule has 0 N–H and O–H groups in total. The van der Waals surface area contributed by atoms with Crippen LogP contribution in [0.2, 0.25) is 5.15 Å². The predicted octanol–water partition coefficient (Wildman–Crippen LogP) is 2.53. The van der Waals surface area contributed by atoms with Gasteiger partial charge in [-0.3, -0.25) is 0 Å². The summed E-state index contributed by atoms with van der Waals surface area (Å²) < 4.78 is 5.69. The largest absolute Gasteiger partial charge is 0.372 e. The number of ether oxygens (including phenoxy) is 1. The zero-order chi connectivity index (χ0) is 13.3. The number of hydrogen-bond acceptors (Lipinski definition) is 4. The monoisotopic (exact) mass is 265 g/mol. The topological polar surface area (TPSA) is 49.1 Å². The average Bonchev–Trinajstić information content (AvgIpc) is 2.27. The Labute approximate surface area is 112 Å². The maximum Gasteiger partial charge on any atom is 0.149 e. The van der Waals surface area contributed by atoms with Crippen LogP contribution in [-0.2, 0) is 4.74 Å². The number of pyridine rings is 1. The van der Waals surface area contributed by atoms with Gasteiger partial charge in [-0.2, -0.15) is 5.26 Å². The average molecular weight is 266 g/mol. The Morgan fingerprint density at radius 3 is 2.56 bits per heavy atom.